The van der Waals surface area contributed by atoms with Gasteiger partial charge in [-0.25, -0.2) is 0 Å². The molecule has 0 radical (unpaired) electrons. The van der Waals surface area contributed by atoms with E-state index in [0.29, 0.717) is 23.7 Å². The Morgan fingerprint density at radius 1 is 1.00 bits per heavy atom. The second-order valence-corrected chi connectivity index (χ2v) is 9.54. The average Bonchev–Trinajstić information content (AvgIpc) is 3.54. The normalized spacial score (nSPS) is 16.8. The van der Waals surface area contributed by atoms with Gasteiger partial charge in [0.15, 0.2) is 0 Å². The molecule has 0 unspecified atom stereocenters. The fourth-order valence-electron chi connectivity index (χ4n) is 4.65. The van der Waals surface area contributed by atoms with Crippen molar-refractivity contribution in [2.45, 2.75) is 33.2 Å². The third-order valence-corrected chi connectivity index (χ3v) is 6.73. The molecule has 32 heavy (non-hydrogen) atoms. The summed E-state index contributed by atoms with van der Waals surface area (Å²) in [5, 5.41) is 18.3. The van der Waals surface area contributed by atoms with Gasteiger partial charge in [-0.3, -0.25) is 10.00 Å². The minimum atomic E-state index is 0.423. The lowest BCUT2D eigenvalue weighted by Crippen LogP contribution is -2.36. The van der Waals surface area contributed by atoms with E-state index in [1.807, 2.05) is 12.4 Å². The first-order valence-electron chi connectivity index (χ1n) is 11.1. The Kier molecular flexibility index (Phi) is 4.40. The average molecular weight is 427 g/mol. The van der Waals surface area contributed by atoms with E-state index in [-0.39, 0.29) is 0 Å². The standard InChI is InChI=1S/C25H26N6O/c1-25(2)7-10-31(11-8-25)15-23-29-30-24(32-23)19-12-16(13-22-20(19)14-27-28-22)17-4-3-5-21-18(17)6-9-26-21/h3-6,9,12-14,26H,7-8,10-11,15H2,1-2H3,(H,27,28). The zero-order valence-corrected chi connectivity index (χ0v) is 18.4. The van der Waals surface area contributed by atoms with E-state index in [0.717, 1.165) is 46.2 Å². The van der Waals surface area contributed by atoms with Crippen LogP contribution in [0.15, 0.2) is 53.2 Å². The molecule has 162 valence electrons. The summed E-state index contributed by atoms with van der Waals surface area (Å²) in [6, 6.07) is 12.6. The second kappa shape index (κ2) is 7.31. The zero-order chi connectivity index (χ0) is 21.7. The van der Waals surface area contributed by atoms with Crippen molar-refractivity contribution in [2.24, 2.45) is 5.41 Å². The van der Waals surface area contributed by atoms with E-state index in [2.05, 4.69) is 80.5 Å². The van der Waals surface area contributed by atoms with Crippen LogP contribution in [0.5, 0.6) is 0 Å². The highest BCUT2D eigenvalue weighted by Crippen LogP contribution is 2.36. The molecule has 7 heteroatoms. The molecule has 1 fully saturated rings. The maximum atomic E-state index is 6.15. The minimum Gasteiger partial charge on any atom is -0.419 e. The molecule has 0 bridgehead atoms. The number of piperidine rings is 1. The van der Waals surface area contributed by atoms with Crippen LogP contribution >= 0.6 is 0 Å². The number of fused-ring (bicyclic) bond motifs is 2. The Balaban J connectivity index is 1.36. The number of aromatic nitrogens is 5. The smallest absolute Gasteiger partial charge is 0.248 e. The van der Waals surface area contributed by atoms with Gasteiger partial charge >= 0.3 is 0 Å². The monoisotopic (exact) mass is 426 g/mol. The van der Waals surface area contributed by atoms with Crippen LogP contribution in [-0.4, -0.2) is 43.4 Å². The first kappa shape index (κ1) is 19.3. The van der Waals surface area contributed by atoms with Crippen molar-refractivity contribution >= 4 is 21.8 Å². The fraction of sp³-hybridized carbons (Fsp3) is 0.320. The molecule has 2 aromatic carbocycles. The summed E-state index contributed by atoms with van der Waals surface area (Å²) in [6.07, 6.45) is 6.17. The van der Waals surface area contributed by atoms with Crippen molar-refractivity contribution in [2.75, 3.05) is 13.1 Å². The number of benzene rings is 2. The Morgan fingerprint density at radius 2 is 1.88 bits per heavy atom. The van der Waals surface area contributed by atoms with E-state index in [1.165, 1.54) is 18.2 Å². The minimum absolute atomic E-state index is 0.423. The van der Waals surface area contributed by atoms with Gasteiger partial charge in [0.25, 0.3) is 0 Å². The van der Waals surface area contributed by atoms with Crippen LogP contribution in [-0.2, 0) is 6.54 Å². The number of nitrogens with one attached hydrogen (secondary N) is 2. The van der Waals surface area contributed by atoms with Gasteiger partial charge in [-0.05, 0) is 66.7 Å². The summed E-state index contributed by atoms with van der Waals surface area (Å²) >= 11 is 0. The number of nitrogens with zero attached hydrogens (tertiary/aromatic N) is 4. The van der Waals surface area contributed by atoms with Gasteiger partial charge in [0.1, 0.15) is 0 Å². The van der Waals surface area contributed by atoms with Gasteiger partial charge in [-0.2, -0.15) is 5.10 Å². The fourth-order valence-corrected chi connectivity index (χ4v) is 4.65. The number of aromatic amines is 2. The molecule has 4 heterocycles. The van der Waals surface area contributed by atoms with Crippen molar-refractivity contribution < 1.29 is 4.42 Å². The highest BCUT2D eigenvalue weighted by molar-refractivity contribution is 6.01. The number of hydrogen-bond acceptors (Lipinski definition) is 5. The number of hydrogen-bond donors (Lipinski definition) is 2. The van der Waals surface area contributed by atoms with Crippen LogP contribution in [0.4, 0.5) is 0 Å². The van der Waals surface area contributed by atoms with Gasteiger partial charge in [0.05, 0.1) is 23.8 Å². The van der Waals surface area contributed by atoms with Gasteiger partial charge in [0.2, 0.25) is 11.8 Å². The molecule has 3 aromatic heterocycles. The predicted molar refractivity (Wildman–Crippen MR) is 125 cm³/mol. The maximum absolute atomic E-state index is 6.15. The van der Waals surface area contributed by atoms with Crippen LogP contribution in [0.25, 0.3) is 44.4 Å². The van der Waals surface area contributed by atoms with Crippen molar-refractivity contribution in [3.05, 3.63) is 54.7 Å². The van der Waals surface area contributed by atoms with Gasteiger partial charge in [0, 0.05) is 22.5 Å². The molecular formula is C25H26N6O. The van der Waals surface area contributed by atoms with E-state index in [4.69, 9.17) is 4.42 Å². The molecule has 0 atom stereocenters. The number of H-pyrrole nitrogens is 2. The molecule has 1 saturated heterocycles. The van der Waals surface area contributed by atoms with Crippen molar-refractivity contribution in [3.63, 3.8) is 0 Å². The lowest BCUT2D eigenvalue weighted by atomic mass is 9.83. The zero-order valence-electron chi connectivity index (χ0n) is 18.4. The van der Waals surface area contributed by atoms with E-state index < -0.39 is 0 Å². The summed E-state index contributed by atoms with van der Waals surface area (Å²) in [6.45, 7) is 7.50. The quantitative estimate of drug-likeness (QED) is 0.403. The lowest BCUT2D eigenvalue weighted by molar-refractivity contribution is 0.118. The van der Waals surface area contributed by atoms with Crippen LogP contribution in [0, 0.1) is 5.41 Å². The van der Waals surface area contributed by atoms with Crippen molar-refractivity contribution in [3.8, 4) is 22.6 Å². The highest BCUT2D eigenvalue weighted by Gasteiger charge is 2.26. The molecule has 5 aromatic rings. The third kappa shape index (κ3) is 3.39. The van der Waals surface area contributed by atoms with Gasteiger partial charge in [-0.15, -0.1) is 10.2 Å². The lowest BCUT2D eigenvalue weighted by Gasteiger charge is -2.36. The van der Waals surface area contributed by atoms with Crippen LogP contribution in [0.3, 0.4) is 0 Å². The maximum Gasteiger partial charge on any atom is 0.248 e. The van der Waals surface area contributed by atoms with Crippen LogP contribution in [0.1, 0.15) is 32.6 Å². The topological polar surface area (TPSA) is 86.6 Å². The molecule has 1 aliphatic heterocycles. The molecule has 2 N–H and O–H groups in total. The molecule has 0 amide bonds. The molecule has 0 aliphatic carbocycles. The summed E-state index contributed by atoms with van der Waals surface area (Å²) in [4.78, 5) is 5.69. The van der Waals surface area contributed by atoms with Crippen LogP contribution < -0.4 is 0 Å². The number of rotatable bonds is 4. The first-order chi connectivity index (χ1) is 15.6. The van der Waals surface area contributed by atoms with Crippen molar-refractivity contribution in [1.29, 1.82) is 0 Å². The first-order valence-corrected chi connectivity index (χ1v) is 11.1. The van der Waals surface area contributed by atoms with E-state index in [9.17, 15) is 0 Å². The summed E-state index contributed by atoms with van der Waals surface area (Å²) in [5.41, 5.74) is 5.61. The molecule has 0 spiro atoms. The van der Waals surface area contributed by atoms with Crippen LogP contribution in [0.2, 0.25) is 0 Å². The Labute approximate surface area is 185 Å². The summed E-state index contributed by atoms with van der Waals surface area (Å²) in [7, 11) is 0. The van der Waals surface area contributed by atoms with E-state index in [1.54, 1.807) is 0 Å². The second-order valence-electron chi connectivity index (χ2n) is 9.54. The molecule has 1 aliphatic rings. The Morgan fingerprint density at radius 3 is 2.75 bits per heavy atom. The Bertz CT molecular complexity index is 1400. The number of likely N-dealkylation sites (tertiary alicyclic amines) is 1. The molecule has 6 rings (SSSR count). The SMILES string of the molecule is CC1(C)CCN(Cc2nnc(-c3cc(-c4cccc5[nH]ccc45)cc4[nH]ncc34)o2)CC1. The van der Waals surface area contributed by atoms with Gasteiger partial charge in [-0.1, -0.05) is 26.0 Å². The Hall–Kier alpha value is -3.45. The predicted octanol–water partition coefficient (Wildman–Crippen LogP) is 5.38. The van der Waals surface area contributed by atoms with E-state index >= 15 is 0 Å². The molecular weight excluding hydrogens is 400 g/mol. The summed E-state index contributed by atoms with van der Waals surface area (Å²) in [5.74, 6) is 1.20. The van der Waals surface area contributed by atoms with Crippen molar-refractivity contribution in [1.82, 2.24) is 30.3 Å². The molecule has 7 nitrogen and oxygen atoms in total. The highest BCUT2D eigenvalue weighted by atomic mass is 16.4. The largest absolute Gasteiger partial charge is 0.419 e. The third-order valence-electron chi connectivity index (χ3n) is 6.73. The molecule has 0 saturated carbocycles. The summed E-state index contributed by atoms with van der Waals surface area (Å²) < 4.78 is 6.15. The van der Waals surface area contributed by atoms with Gasteiger partial charge < -0.3 is 9.40 Å².